The Morgan fingerprint density at radius 3 is 2.68 bits per heavy atom. The fourth-order valence-corrected chi connectivity index (χ4v) is 4.22. The first kappa shape index (κ1) is 18.7. The summed E-state index contributed by atoms with van der Waals surface area (Å²) in [6.45, 7) is 6.17. The van der Waals surface area contributed by atoms with Gasteiger partial charge in [0.05, 0.1) is 17.9 Å². The summed E-state index contributed by atoms with van der Waals surface area (Å²) in [7, 11) is 0. The molecule has 0 bridgehead atoms. The van der Waals surface area contributed by atoms with Crippen molar-refractivity contribution in [2.24, 2.45) is 0 Å². The van der Waals surface area contributed by atoms with Crippen molar-refractivity contribution in [1.29, 1.82) is 0 Å². The number of hydrogen-bond donors (Lipinski definition) is 3. The van der Waals surface area contributed by atoms with E-state index in [9.17, 15) is 10.2 Å². The van der Waals surface area contributed by atoms with Crippen molar-refractivity contribution in [2.75, 3.05) is 5.32 Å². The second-order valence-corrected chi connectivity index (χ2v) is 7.61. The van der Waals surface area contributed by atoms with Crippen molar-refractivity contribution in [3.8, 4) is 16.9 Å². The first-order valence-corrected chi connectivity index (χ1v) is 10.2. The summed E-state index contributed by atoms with van der Waals surface area (Å²) >= 11 is 0. The number of aliphatic hydroxyl groups excluding tert-OH is 1. The molecule has 0 radical (unpaired) electrons. The highest BCUT2D eigenvalue weighted by Gasteiger charge is 2.26. The van der Waals surface area contributed by atoms with E-state index in [1.807, 2.05) is 17.5 Å². The van der Waals surface area contributed by atoms with Crippen molar-refractivity contribution < 1.29 is 10.2 Å². The van der Waals surface area contributed by atoms with Crippen molar-refractivity contribution in [3.05, 3.63) is 40.7 Å². The number of hydrogen-bond acceptors (Lipinski definition) is 5. The molecule has 1 aliphatic rings. The molecule has 0 fully saturated rings. The molecule has 6 heteroatoms. The number of aromatic nitrogens is 3. The number of rotatable bonds is 6. The largest absolute Gasteiger partial charge is 0.508 e. The second-order valence-electron chi connectivity index (χ2n) is 7.61. The lowest BCUT2D eigenvalue weighted by atomic mass is 10.00. The van der Waals surface area contributed by atoms with Gasteiger partial charge >= 0.3 is 0 Å². The van der Waals surface area contributed by atoms with E-state index in [0.717, 1.165) is 66.0 Å². The summed E-state index contributed by atoms with van der Waals surface area (Å²) in [5.41, 5.74) is 6.48. The Balaban J connectivity index is 1.99. The van der Waals surface area contributed by atoms with E-state index in [4.69, 9.17) is 10.1 Å². The van der Waals surface area contributed by atoms with Gasteiger partial charge < -0.3 is 15.5 Å². The fraction of sp³-hybridized carbons (Fsp3) is 0.455. The molecule has 0 aliphatic heterocycles. The highest BCUT2D eigenvalue weighted by Crippen LogP contribution is 2.37. The number of aliphatic hydroxyl groups is 1. The van der Waals surface area contributed by atoms with E-state index in [0.29, 0.717) is 11.7 Å². The Hall–Kier alpha value is -2.60. The fourth-order valence-electron chi connectivity index (χ4n) is 4.22. The van der Waals surface area contributed by atoms with Crippen LogP contribution in [0.4, 0.5) is 5.82 Å². The average molecular weight is 380 g/mol. The van der Waals surface area contributed by atoms with E-state index in [1.54, 1.807) is 12.1 Å². The van der Waals surface area contributed by atoms with Crippen molar-refractivity contribution in [1.82, 2.24) is 14.6 Å². The zero-order chi connectivity index (χ0) is 19.8. The summed E-state index contributed by atoms with van der Waals surface area (Å²) in [6.07, 6.45) is 5.15. The van der Waals surface area contributed by atoms with Gasteiger partial charge in [-0.3, -0.25) is 0 Å². The summed E-state index contributed by atoms with van der Waals surface area (Å²) in [4.78, 5) is 4.97. The summed E-state index contributed by atoms with van der Waals surface area (Å²) < 4.78 is 1.88. The molecule has 3 aromatic rings. The van der Waals surface area contributed by atoms with E-state index in [2.05, 4.69) is 19.2 Å². The molecule has 28 heavy (non-hydrogen) atoms. The average Bonchev–Trinajstić information content (AvgIpc) is 3.30. The highest BCUT2D eigenvalue weighted by atomic mass is 16.3. The normalized spacial score (nSPS) is 13.5. The Labute approximate surface area is 165 Å². The molecular weight excluding hydrogens is 352 g/mol. The monoisotopic (exact) mass is 380 g/mol. The standard InChI is InChI=1S/C22H28N4O2/c1-4-14(5-2)23-21-17-7-6-8-18(17)24-22-20(19(12-27)25-26(21)22)16-10-9-15(28)11-13(16)3/h9-11,14,23,27-28H,4-8,12H2,1-3H3. The van der Waals surface area contributed by atoms with Gasteiger partial charge in [-0.05, 0) is 62.3 Å². The molecule has 148 valence electrons. The lowest BCUT2D eigenvalue weighted by Gasteiger charge is -2.19. The number of aromatic hydroxyl groups is 1. The van der Waals surface area contributed by atoms with Crippen LogP contribution in [0.2, 0.25) is 0 Å². The third kappa shape index (κ3) is 3.02. The first-order valence-electron chi connectivity index (χ1n) is 10.2. The van der Waals surface area contributed by atoms with Crippen LogP contribution in [-0.4, -0.2) is 30.9 Å². The van der Waals surface area contributed by atoms with Gasteiger partial charge in [-0.15, -0.1) is 0 Å². The predicted octanol–water partition coefficient (Wildman–Crippen LogP) is 3.99. The Kier molecular flexibility index (Phi) is 4.98. The van der Waals surface area contributed by atoms with E-state index in [1.165, 1.54) is 5.56 Å². The van der Waals surface area contributed by atoms with Crippen LogP contribution in [-0.2, 0) is 19.4 Å². The molecule has 0 spiro atoms. The Bertz CT molecular complexity index is 1020. The molecule has 3 N–H and O–H groups in total. The number of anilines is 1. The summed E-state index contributed by atoms with van der Waals surface area (Å²) in [6, 6.07) is 5.65. The molecule has 0 amide bonds. The van der Waals surface area contributed by atoms with Gasteiger partial charge in [0.25, 0.3) is 0 Å². The van der Waals surface area contributed by atoms with Crippen LogP contribution in [0.5, 0.6) is 5.75 Å². The summed E-state index contributed by atoms with van der Waals surface area (Å²) in [5, 5.41) is 28.3. The van der Waals surface area contributed by atoms with Crippen molar-refractivity contribution in [3.63, 3.8) is 0 Å². The Morgan fingerprint density at radius 1 is 1.21 bits per heavy atom. The number of nitrogens with one attached hydrogen (secondary N) is 1. The predicted molar refractivity (Wildman–Crippen MR) is 111 cm³/mol. The van der Waals surface area contributed by atoms with E-state index >= 15 is 0 Å². The minimum absolute atomic E-state index is 0.159. The maximum atomic E-state index is 10.0. The van der Waals surface area contributed by atoms with Crippen LogP contribution in [0.15, 0.2) is 18.2 Å². The van der Waals surface area contributed by atoms with Gasteiger partial charge in [0, 0.05) is 17.3 Å². The molecule has 1 aromatic carbocycles. The van der Waals surface area contributed by atoms with Gasteiger partial charge in [-0.2, -0.15) is 9.61 Å². The number of nitrogens with zero attached hydrogens (tertiary/aromatic N) is 3. The molecule has 2 aromatic heterocycles. The smallest absolute Gasteiger partial charge is 0.165 e. The molecule has 2 heterocycles. The number of fused-ring (bicyclic) bond motifs is 2. The molecule has 0 unspecified atom stereocenters. The second kappa shape index (κ2) is 7.43. The van der Waals surface area contributed by atoms with Crippen molar-refractivity contribution >= 4 is 11.5 Å². The van der Waals surface area contributed by atoms with Crippen LogP contribution in [0.1, 0.15) is 55.6 Å². The molecular formula is C22H28N4O2. The van der Waals surface area contributed by atoms with Crippen LogP contribution >= 0.6 is 0 Å². The number of phenolic OH excluding ortho intramolecular Hbond substituents is 1. The number of phenols is 1. The van der Waals surface area contributed by atoms with E-state index in [-0.39, 0.29) is 12.4 Å². The molecule has 4 rings (SSSR count). The van der Waals surface area contributed by atoms with Crippen LogP contribution in [0.3, 0.4) is 0 Å². The molecule has 1 aliphatic carbocycles. The molecule has 0 saturated heterocycles. The highest BCUT2D eigenvalue weighted by molar-refractivity contribution is 5.83. The lowest BCUT2D eigenvalue weighted by molar-refractivity contribution is 0.277. The minimum atomic E-state index is -0.159. The topological polar surface area (TPSA) is 82.7 Å². The van der Waals surface area contributed by atoms with Crippen LogP contribution < -0.4 is 5.32 Å². The number of aryl methyl sites for hydroxylation is 2. The minimum Gasteiger partial charge on any atom is -0.508 e. The zero-order valence-corrected chi connectivity index (χ0v) is 16.8. The lowest BCUT2D eigenvalue weighted by Crippen LogP contribution is -2.21. The molecule has 6 nitrogen and oxygen atoms in total. The first-order chi connectivity index (χ1) is 13.6. The van der Waals surface area contributed by atoms with Gasteiger partial charge in [0.15, 0.2) is 5.65 Å². The van der Waals surface area contributed by atoms with Gasteiger partial charge in [-0.1, -0.05) is 19.9 Å². The third-order valence-electron chi connectivity index (χ3n) is 5.82. The van der Waals surface area contributed by atoms with Crippen LogP contribution in [0.25, 0.3) is 16.8 Å². The van der Waals surface area contributed by atoms with Crippen LogP contribution in [0, 0.1) is 6.92 Å². The Morgan fingerprint density at radius 2 is 2.00 bits per heavy atom. The quantitative estimate of drug-likeness (QED) is 0.602. The maximum absolute atomic E-state index is 10.0. The van der Waals surface area contributed by atoms with Gasteiger partial charge in [0.2, 0.25) is 0 Å². The molecule has 0 saturated carbocycles. The van der Waals surface area contributed by atoms with Gasteiger partial charge in [0.1, 0.15) is 11.6 Å². The zero-order valence-electron chi connectivity index (χ0n) is 16.8. The number of benzene rings is 1. The maximum Gasteiger partial charge on any atom is 0.165 e. The molecule has 0 atom stereocenters. The van der Waals surface area contributed by atoms with Crippen molar-refractivity contribution in [2.45, 2.75) is 65.5 Å². The summed E-state index contributed by atoms with van der Waals surface area (Å²) in [5.74, 6) is 1.25. The van der Waals surface area contributed by atoms with E-state index < -0.39 is 0 Å². The SMILES string of the molecule is CCC(CC)Nc1c2c(nc3c(-c4ccc(O)cc4C)c(CO)nn13)CCC2. The van der Waals surface area contributed by atoms with Gasteiger partial charge in [-0.25, -0.2) is 4.98 Å². The third-order valence-corrected chi connectivity index (χ3v) is 5.82.